The fraction of sp³-hybridized carbons (Fsp3) is 0.167. The van der Waals surface area contributed by atoms with Gasteiger partial charge in [-0.15, -0.1) is 0 Å². The maximum absolute atomic E-state index is 12.8. The number of carbonyl (C=O) groups is 3. The third-order valence-corrected chi connectivity index (χ3v) is 3.33. The molecule has 130 valence electrons. The number of halogens is 1. The Morgan fingerprint density at radius 1 is 1.00 bits per heavy atom. The third-order valence-electron chi connectivity index (χ3n) is 3.33. The van der Waals surface area contributed by atoms with Crippen LogP contribution >= 0.6 is 0 Å². The smallest absolute Gasteiger partial charge is 0.279 e. The lowest BCUT2D eigenvalue weighted by molar-refractivity contribution is -0.128. The molecule has 2 aromatic carbocycles. The van der Waals surface area contributed by atoms with Crippen molar-refractivity contribution in [3.8, 4) is 5.75 Å². The molecule has 0 aliphatic rings. The summed E-state index contributed by atoms with van der Waals surface area (Å²) in [5.41, 5.74) is 5.11. The Morgan fingerprint density at radius 3 is 2.32 bits per heavy atom. The normalized spacial score (nSPS) is 11.3. The fourth-order valence-corrected chi connectivity index (χ4v) is 1.94. The summed E-state index contributed by atoms with van der Waals surface area (Å²) in [6, 6.07) is 11.3. The Bertz CT molecular complexity index is 790. The second kappa shape index (κ2) is 8.05. The molecular formula is C18H17FN2O4. The summed E-state index contributed by atoms with van der Waals surface area (Å²) >= 11 is 0. The molecule has 0 radical (unpaired) electrons. The third kappa shape index (κ3) is 5.13. The van der Waals surface area contributed by atoms with Gasteiger partial charge in [0.2, 0.25) is 0 Å². The maximum atomic E-state index is 12.8. The number of amides is 2. The highest BCUT2D eigenvalue weighted by Gasteiger charge is 2.16. The van der Waals surface area contributed by atoms with Gasteiger partial charge in [-0.25, -0.2) is 4.39 Å². The van der Waals surface area contributed by atoms with Crippen molar-refractivity contribution in [2.45, 2.75) is 20.0 Å². The molecule has 2 rings (SSSR count). The predicted molar refractivity (Wildman–Crippen MR) is 88.5 cm³/mol. The molecular weight excluding hydrogens is 327 g/mol. The van der Waals surface area contributed by atoms with Crippen LogP contribution < -0.4 is 15.6 Å². The van der Waals surface area contributed by atoms with E-state index >= 15 is 0 Å². The molecule has 0 heterocycles. The maximum Gasteiger partial charge on any atom is 0.279 e. The molecule has 2 aromatic rings. The minimum Gasteiger partial charge on any atom is -0.481 e. The summed E-state index contributed by atoms with van der Waals surface area (Å²) in [6.45, 7) is 2.93. The summed E-state index contributed by atoms with van der Waals surface area (Å²) in [5.74, 6) is -1.38. The van der Waals surface area contributed by atoms with E-state index in [0.29, 0.717) is 11.3 Å². The molecule has 0 saturated heterocycles. The molecule has 0 spiro atoms. The zero-order valence-corrected chi connectivity index (χ0v) is 13.7. The summed E-state index contributed by atoms with van der Waals surface area (Å²) < 4.78 is 18.3. The molecule has 2 N–H and O–H groups in total. The molecule has 0 bridgehead atoms. The van der Waals surface area contributed by atoms with Crippen LogP contribution in [0, 0.1) is 5.82 Å². The molecule has 0 aliphatic carbocycles. The predicted octanol–water partition coefficient (Wildman–Crippen LogP) is 2.26. The van der Waals surface area contributed by atoms with Gasteiger partial charge in [-0.1, -0.05) is 12.1 Å². The average molecular weight is 344 g/mol. The lowest BCUT2D eigenvalue weighted by Crippen LogP contribution is -2.47. The molecule has 6 nitrogen and oxygen atoms in total. The van der Waals surface area contributed by atoms with Gasteiger partial charge in [-0.05, 0) is 50.2 Å². The van der Waals surface area contributed by atoms with Gasteiger partial charge < -0.3 is 4.74 Å². The Morgan fingerprint density at radius 2 is 1.68 bits per heavy atom. The van der Waals surface area contributed by atoms with Gasteiger partial charge in [0.25, 0.3) is 11.8 Å². The Labute approximate surface area is 144 Å². The first kappa shape index (κ1) is 18.1. The molecule has 1 atom stereocenters. The van der Waals surface area contributed by atoms with Crippen LogP contribution in [0.15, 0.2) is 48.5 Å². The molecule has 0 saturated carbocycles. The molecule has 1 unspecified atom stereocenters. The van der Waals surface area contributed by atoms with Crippen LogP contribution in [0.25, 0.3) is 0 Å². The average Bonchev–Trinajstić information content (AvgIpc) is 2.60. The molecule has 7 heteroatoms. The van der Waals surface area contributed by atoms with E-state index in [-0.39, 0.29) is 11.3 Å². The Kier molecular flexibility index (Phi) is 5.84. The minimum atomic E-state index is -0.907. The summed E-state index contributed by atoms with van der Waals surface area (Å²) in [4.78, 5) is 35.2. The summed E-state index contributed by atoms with van der Waals surface area (Å²) in [7, 11) is 0. The van der Waals surface area contributed by atoms with Gasteiger partial charge in [0.05, 0.1) is 0 Å². The highest BCUT2D eigenvalue weighted by Crippen LogP contribution is 2.15. The highest BCUT2D eigenvalue weighted by molar-refractivity contribution is 5.96. The second-order valence-electron chi connectivity index (χ2n) is 5.29. The largest absolute Gasteiger partial charge is 0.481 e. The van der Waals surface area contributed by atoms with Crippen LogP contribution in [-0.4, -0.2) is 23.7 Å². The van der Waals surface area contributed by atoms with Crippen LogP contribution in [0.1, 0.15) is 34.6 Å². The van der Waals surface area contributed by atoms with Gasteiger partial charge >= 0.3 is 0 Å². The molecule has 0 aliphatic heterocycles. The number of nitrogens with one attached hydrogen (secondary N) is 2. The Balaban J connectivity index is 1.89. The van der Waals surface area contributed by atoms with E-state index < -0.39 is 23.7 Å². The van der Waals surface area contributed by atoms with E-state index in [2.05, 4.69) is 10.9 Å². The van der Waals surface area contributed by atoms with E-state index in [1.165, 1.54) is 32.0 Å². The first-order valence-electron chi connectivity index (χ1n) is 7.50. The van der Waals surface area contributed by atoms with Gasteiger partial charge in [-0.2, -0.15) is 0 Å². The van der Waals surface area contributed by atoms with Crippen molar-refractivity contribution in [1.29, 1.82) is 0 Å². The van der Waals surface area contributed by atoms with E-state index in [1.807, 2.05) is 0 Å². The van der Waals surface area contributed by atoms with Crippen molar-refractivity contribution in [3.63, 3.8) is 0 Å². The van der Waals surface area contributed by atoms with Crippen LogP contribution in [0.3, 0.4) is 0 Å². The molecule has 0 fully saturated rings. The number of hydrogen-bond acceptors (Lipinski definition) is 4. The van der Waals surface area contributed by atoms with Crippen LogP contribution in [0.5, 0.6) is 5.75 Å². The number of carbonyl (C=O) groups excluding carboxylic acids is 3. The summed E-state index contributed by atoms with van der Waals surface area (Å²) in [5, 5.41) is 0. The number of hydrogen-bond donors (Lipinski definition) is 2. The number of Topliss-reactive ketones (excluding diaryl/α,β-unsaturated/α-hetero) is 1. The number of benzene rings is 2. The van der Waals surface area contributed by atoms with E-state index in [4.69, 9.17) is 4.74 Å². The van der Waals surface area contributed by atoms with E-state index in [0.717, 1.165) is 12.1 Å². The van der Waals surface area contributed by atoms with Crippen LogP contribution in [0.4, 0.5) is 4.39 Å². The van der Waals surface area contributed by atoms with Gasteiger partial charge in [0, 0.05) is 11.1 Å². The number of hydrazine groups is 1. The highest BCUT2D eigenvalue weighted by atomic mass is 19.1. The van der Waals surface area contributed by atoms with Gasteiger partial charge in [0.15, 0.2) is 11.9 Å². The summed E-state index contributed by atoms with van der Waals surface area (Å²) in [6.07, 6.45) is -0.907. The first-order chi connectivity index (χ1) is 11.9. The quantitative estimate of drug-likeness (QED) is 0.644. The number of rotatable bonds is 5. The zero-order valence-electron chi connectivity index (χ0n) is 13.7. The minimum absolute atomic E-state index is 0.117. The van der Waals surface area contributed by atoms with Crippen LogP contribution in [-0.2, 0) is 4.79 Å². The fourth-order valence-electron chi connectivity index (χ4n) is 1.94. The van der Waals surface area contributed by atoms with Crippen molar-refractivity contribution >= 4 is 17.6 Å². The topological polar surface area (TPSA) is 84.5 Å². The van der Waals surface area contributed by atoms with Crippen molar-refractivity contribution in [3.05, 3.63) is 65.5 Å². The first-order valence-corrected chi connectivity index (χ1v) is 7.50. The van der Waals surface area contributed by atoms with Crippen molar-refractivity contribution < 1.29 is 23.5 Å². The van der Waals surface area contributed by atoms with Crippen LogP contribution in [0.2, 0.25) is 0 Å². The van der Waals surface area contributed by atoms with Crippen molar-refractivity contribution in [2.75, 3.05) is 0 Å². The second-order valence-corrected chi connectivity index (χ2v) is 5.29. The van der Waals surface area contributed by atoms with Gasteiger partial charge in [0.1, 0.15) is 11.6 Å². The van der Waals surface area contributed by atoms with E-state index in [9.17, 15) is 18.8 Å². The van der Waals surface area contributed by atoms with Crippen molar-refractivity contribution in [2.24, 2.45) is 0 Å². The molecule has 25 heavy (non-hydrogen) atoms. The SMILES string of the molecule is CC(=O)c1cccc(OC(C)C(=O)NNC(=O)c2ccc(F)cc2)c1. The van der Waals surface area contributed by atoms with Gasteiger partial charge in [-0.3, -0.25) is 25.2 Å². The zero-order chi connectivity index (χ0) is 18.4. The standard InChI is InChI=1S/C18H17FN2O4/c1-11(22)14-4-3-5-16(10-14)25-12(2)17(23)20-21-18(24)13-6-8-15(19)9-7-13/h3-10,12H,1-2H3,(H,20,23)(H,21,24). The monoisotopic (exact) mass is 344 g/mol. The van der Waals surface area contributed by atoms with Crippen molar-refractivity contribution in [1.82, 2.24) is 10.9 Å². The molecule has 2 amide bonds. The lowest BCUT2D eigenvalue weighted by atomic mass is 10.1. The number of ketones is 1. The Hall–Kier alpha value is -3.22. The number of ether oxygens (including phenoxy) is 1. The van der Waals surface area contributed by atoms with E-state index in [1.54, 1.807) is 18.2 Å². The lowest BCUT2D eigenvalue weighted by Gasteiger charge is -2.15. The molecule has 0 aromatic heterocycles.